The zero-order valence-corrected chi connectivity index (χ0v) is 14.8. The van der Waals surface area contributed by atoms with Crippen LogP contribution < -0.4 is 10.6 Å². The largest absolute Gasteiger partial charge is 0.355 e. The van der Waals surface area contributed by atoms with Crippen LogP contribution in [0, 0.1) is 27.7 Å². The van der Waals surface area contributed by atoms with Crippen LogP contribution in [0.25, 0.3) is 0 Å². The van der Waals surface area contributed by atoms with E-state index in [1.165, 1.54) is 22.3 Å². The molecule has 0 unspecified atom stereocenters. The molecule has 0 bridgehead atoms. The first kappa shape index (κ1) is 16.1. The molecule has 0 aromatic heterocycles. The zero-order valence-electron chi connectivity index (χ0n) is 14.8. The number of anilines is 4. The van der Waals surface area contributed by atoms with Crippen LogP contribution in [-0.2, 0) is 0 Å². The van der Waals surface area contributed by atoms with Crippen LogP contribution in [0.2, 0.25) is 0 Å². The van der Waals surface area contributed by atoms with Gasteiger partial charge >= 0.3 is 0 Å². The van der Waals surface area contributed by atoms with Crippen molar-refractivity contribution in [2.24, 2.45) is 0 Å². The molecule has 0 aliphatic heterocycles. The highest BCUT2D eigenvalue weighted by Gasteiger charge is 2.02. The Kier molecular flexibility index (Phi) is 4.57. The average Bonchev–Trinajstić information content (AvgIpc) is 2.55. The number of benzene rings is 3. The fraction of sp³-hybridized carbons (Fsp3) is 0.182. The van der Waals surface area contributed by atoms with E-state index in [0.29, 0.717) is 0 Å². The van der Waals surface area contributed by atoms with Gasteiger partial charge in [-0.15, -0.1) is 0 Å². The summed E-state index contributed by atoms with van der Waals surface area (Å²) in [6, 6.07) is 21.3. The molecule has 0 heterocycles. The Morgan fingerprint density at radius 2 is 1.04 bits per heavy atom. The molecule has 3 rings (SSSR count). The normalized spacial score (nSPS) is 10.5. The molecule has 0 aliphatic carbocycles. The lowest BCUT2D eigenvalue weighted by Gasteiger charge is -2.13. The molecular weight excluding hydrogens is 292 g/mol. The molecule has 0 atom stereocenters. The summed E-state index contributed by atoms with van der Waals surface area (Å²) in [5.74, 6) is 0. The minimum atomic E-state index is 1.09. The molecular formula is C22H24N2. The Morgan fingerprint density at radius 3 is 1.67 bits per heavy atom. The van der Waals surface area contributed by atoms with E-state index in [1.807, 2.05) is 0 Å². The summed E-state index contributed by atoms with van der Waals surface area (Å²) in [4.78, 5) is 0. The molecule has 2 nitrogen and oxygen atoms in total. The number of rotatable bonds is 4. The van der Waals surface area contributed by atoms with Crippen LogP contribution in [0.15, 0.2) is 60.7 Å². The van der Waals surface area contributed by atoms with Gasteiger partial charge in [-0.25, -0.2) is 0 Å². The first-order valence-corrected chi connectivity index (χ1v) is 8.30. The van der Waals surface area contributed by atoms with Crippen molar-refractivity contribution in [3.8, 4) is 0 Å². The van der Waals surface area contributed by atoms with Crippen molar-refractivity contribution in [1.29, 1.82) is 0 Å². The molecule has 0 aliphatic rings. The highest BCUT2D eigenvalue weighted by Crippen LogP contribution is 2.25. The van der Waals surface area contributed by atoms with E-state index in [1.54, 1.807) is 0 Å². The topological polar surface area (TPSA) is 24.1 Å². The fourth-order valence-corrected chi connectivity index (χ4v) is 2.77. The van der Waals surface area contributed by atoms with Crippen LogP contribution in [0.1, 0.15) is 22.3 Å². The van der Waals surface area contributed by atoms with Crippen molar-refractivity contribution in [1.82, 2.24) is 0 Å². The molecule has 2 heteroatoms. The lowest BCUT2D eigenvalue weighted by atomic mass is 10.1. The van der Waals surface area contributed by atoms with Gasteiger partial charge in [0.1, 0.15) is 0 Å². The van der Waals surface area contributed by atoms with Crippen molar-refractivity contribution in [3.63, 3.8) is 0 Å². The van der Waals surface area contributed by atoms with Crippen molar-refractivity contribution < 1.29 is 0 Å². The van der Waals surface area contributed by atoms with Crippen LogP contribution in [0.3, 0.4) is 0 Å². The standard InChI is InChI=1S/C22H24N2/c1-15-6-12-21(18(4)13-15)23-19-8-10-20(11-9-19)24-22-14-16(2)5-7-17(22)3/h5-14,23-24H,1-4H3. The predicted octanol–water partition coefficient (Wildman–Crippen LogP) is 6.41. The second-order valence-electron chi connectivity index (χ2n) is 6.46. The van der Waals surface area contributed by atoms with Gasteiger partial charge in [-0.2, -0.15) is 0 Å². The first-order chi connectivity index (χ1) is 11.5. The van der Waals surface area contributed by atoms with Gasteiger partial charge in [0.25, 0.3) is 0 Å². The maximum atomic E-state index is 3.50. The minimum absolute atomic E-state index is 1.09. The van der Waals surface area contributed by atoms with Gasteiger partial charge < -0.3 is 10.6 Å². The molecule has 122 valence electrons. The molecule has 24 heavy (non-hydrogen) atoms. The van der Waals surface area contributed by atoms with Gasteiger partial charge in [-0.3, -0.25) is 0 Å². The summed E-state index contributed by atoms with van der Waals surface area (Å²) in [6.07, 6.45) is 0. The Labute approximate surface area is 144 Å². The molecule has 2 N–H and O–H groups in total. The lowest BCUT2D eigenvalue weighted by Crippen LogP contribution is -1.96. The van der Waals surface area contributed by atoms with Gasteiger partial charge in [-0.1, -0.05) is 29.8 Å². The molecule has 0 saturated carbocycles. The zero-order chi connectivity index (χ0) is 17.1. The predicted molar refractivity (Wildman–Crippen MR) is 105 cm³/mol. The van der Waals surface area contributed by atoms with Crippen molar-refractivity contribution in [3.05, 3.63) is 82.9 Å². The maximum Gasteiger partial charge on any atom is 0.0416 e. The van der Waals surface area contributed by atoms with Crippen LogP contribution >= 0.6 is 0 Å². The van der Waals surface area contributed by atoms with E-state index in [-0.39, 0.29) is 0 Å². The molecule has 0 fully saturated rings. The van der Waals surface area contributed by atoms with Gasteiger partial charge in [-0.05, 0) is 80.8 Å². The van der Waals surface area contributed by atoms with Crippen LogP contribution in [0.5, 0.6) is 0 Å². The summed E-state index contributed by atoms with van der Waals surface area (Å²) in [7, 11) is 0. The van der Waals surface area contributed by atoms with Gasteiger partial charge in [0.05, 0.1) is 0 Å². The van der Waals surface area contributed by atoms with Crippen LogP contribution in [-0.4, -0.2) is 0 Å². The van der Waals surface area contributed by atoms with E-state index < -0.39 is 0 Å². The third-order valence-electron chi connectivity index (χ3n) is 4.22. The molecule has 0 spiro atoms. The summed E-state index contributed by atoms with van der Waals surface area (Å²) >= 11 is 0. The quantitative estimate of drug-likeness (QED) is 0.581. The molecule has 0 radical (unpaired) electrons. The minimum Gasteiger partial charge on any atom is -0.355 e. The Bertz CT molecular complexity index is 848. The average molecular weight is 316 g/mol. The smallest absolute Gasteiger partial charge is 0.0416 e. The molecule has 3 aromatic rings. The molecule has 3 aromatic carbocycles. The highest BCUT2D eigenvalue weighted by atomic mass is 14.9. The van der Waals surface area contributed by atoms with E-state index in [9.17, 15) is 0 Å². The Hall–Kier alpha value is -2.74. The monoisotopic (exact) mass is 316 g/mol. The molecule has 0 amide bonds. The number of hydrogen-bond donors (Lipinski definition) is 2. The third kappa shape index (κ3) is 3.77. The van der Waals surface area contributed by atoms with Crippen molar-refractivity contribution in [2.45, 2.75) is 27.7 Å². The number of aryl methyl sites for hydroxylation is 4. The van der Waals surface area contributed by atoms with Gasteiger partial charge in [0.2, 0.25) is 0 Å². The summed E-state index contributed by atoms with van der Waals surface area (Å²) in [6.45, 7) is 8.48. The first-order valence-electron chi connectivity index (χ1n) is 8.30. The van der Waals surface area contributed by atoms with E-state index >= 15 is 0 Å². The Morgan fingerprint density at radius 1 is 0.500 bits per heavy atom. The van der Waals surface area contributed by atoms with Crippen molar-refractivity contribution >= 4 is 22.7 Å². The summed E-state index contributed by atoms with van der Waals surface area (Å²) in [5, 5.41) is 6.98. The van der Waals surface area contributed by atoms with Gasteiger partial charge in [0, 0.05) is 22.7 Å². The van der Waals surface area contributed by atoms with E-state index in [0.717, 1.165) is 22.7 Å². The maximum absolute atomic E-state index is 3.50. The fourth-order valence-electron chi connectivity index (χ4n) is 2.77. The van der Waals surface area contributed by atoms with E-state index in [2.05, 4.69) is 99.0 Å². The van der Waals surface area contributed by atoms with Gasteiger partial charge in [0.15, 0.2) is 0 Å². The van der Waals surface area contributed by atoms with Crippen molar-refractivity contribution in [2.75, 3.05) is 10.6 Å². The second-order valence-corrected chi connectivity index (χ2v) is 6.46. The number of nitrogens with one attached hydrogen (secondary N) is 2. The Balaban J connectivity index is 1.74. The number of hydrogen-bond acceptors (Lipinski definition) is 2. The van der Waals surface area contributed by atoms with Crippen LogP contribution in [0.4, 0.5) is 22.7 Å². The second kappa shape index (κ2) is 6.79. The highest BCUT2D eigenvalue weighted by molar-refractivity contribution is 5.68. The third-order valence-corrected chi connectivity index (χ3v) is 4.22. The summed E-state index contributed by atoms with van der Waals surface area (Å²) < 4.78 is 0. The molecule has 0 saturated heterocycles. The van der Waals surface area contributed by atoms with E-state index in [4.69, 9.17) is 0 Å². The summed E-state index contributed by atoms with van der Waals surface area (Å²) in [5.41, 5.74) is 9.54. The lowest BCUT2D eigenvalue weighted by molar-refractivity contribution is 1.36. The SMILES string of the molecule is Cc1ccc(Nc2ccc(Nc3cc(C)ccc3C)cc2)c(C)c1.